The average molecular weight is 440 g/mol. The van der Waals surface area contributed by atoms with E-state index in [-0.39, 0.29) is 17.6 Å². The van der Waals surface area contributed by atoms with Crippen molar-refractivity contribution in [3.8, 4) is 0 Å². The van der Waals surface area contributed by atoms with Crippen molar-refractivity contribution in [3.63, 3.8) is 0 Å². The Morgan fingerprint density at radius 2 is 1.62 bits per heavy atom. The lowest BCUT2D eigenvalue weighted by atomic mass is 10.2. The number of nitrogens with zero attached hydrogens (tertiary/aromatic N) is 3. The Kier molecular flexibility index (Phi) is 5.60. The van der Waals surface area contributed by atoms with E-state index in [1.807, 2.05) is 83.8 Å². The number of anilines is 2. The molecule has 0 bridgehead atoms. The monoisotopic (exact) mass is 439 g/mol. The largest absolute Gasteiger partial charge is 0.311 e. The summed E-state index contributed by atoms with van der Waals surface area (Å²) in [7, 11) is 0. The Morgan fingerprint density at radius 3 is 2.41 bits per heavy atom. The van der Waals surface area contributed by atoms with Crippen molar-refractivity contribution in [2.75, 3.05) is 22.1 Å². The molecule has 0 fully saturated rings. The van der Waals surface area contributed by atoms with E-state index in [0.717, 1.165) is 23.4 Å². The maximum Gasteiger partial charge on any atom is 0.283 e. The van der Waals surface area contributed by atoms with Crippen LogP contribution in [0.2, 0.25) is 0 Å². The number of hydrogen-bond donors (Lipinski definition) is 0. The Hall–Kier alpha value is -3.64. The van der Waals surface area contributed by atoms with Crippen molar-refractivity contribution in [3.05, 3.63) is 102 Å². The van der Waals surface area contributed by atoms with E-state index in [1.54, 1.807) is 11.0 Å². The van der Waals surface area contributed by atoms with Crippen molar-refractivity contribution in [2.24, 2.45) is 4.99 Å². The zero-order valence-corrected chi connectivity index (χ0v) is 18.2. The number of benzene rings is 3. The van der Waals surface area contributed by atoms with E-state index in [9.17, 15) is 9.59 Å². The van der Waals surface area contributed by atoms with Gasteiger partial charge >= 0.3 is 0 Å². The zero-order valence-electron chi connectivity index (χ0n) is 17.3. The first-order chi connectivity index (χ1) is 15.7. The topological polar surface area (TPSA) is 53.0 Å². The van der Waals surface area contributed by atoms with Crippen LogP contribution in [0.3, 0.4) is 0 Å². The summed E-state index contributed by atoms with van der Waals surface area (Å²) in [5.74, 6) is 0.0349. The standard InChI is InChI=1S/C26H21N3O2S/c30-24(28-16-15-20-11-7-8-14-23(20)28)18-32-26-27-22(17-19-9-3-1-4-10-19)25(31)29(26)21-12-5-2-6-13-21/h1-14,17H,15-16,18H2/b22-17+. The Morgan fingerprint density at radius 1 is 0.938 bits per heavy atom. The summed E-state index contributed by atoms with van der Waals surface area (Å²) in [5.41, 5.74) is 4.18. The normalized spacial score (nSPS) is 16.4. The Labute approximate surface area is 191 Å². The van der Waals surface area contributed by atoms with Gasteiger partial charge in [-0.2, -0.15) is 0 Å². The Balaban J connectivity index is 1.39. The second-order valence-corrected chi connectivity index (χ2v) is 8.47. The molecule has 0 aliphatic carbocycles. The number of fused-ring (bicyclic) bond motifs is 1. The number of hydrogen-bond acceptors (Lipinski definition) is 4. The van der Waals surface area contributed by atoms with Crippen LogP contribution in [-0.4, -0.2) is 29.3 Å². The van der Waals surface area contributed by atoms with Crippen LogP contribution in [0.1, 0.15) is 11.1 Å². The molecule has 3 aromatic rings. The highest BCUT2D eigenvalue weighted by molar-refractivity contribution is 8.14. The molecule has 2 heterocycles. The number of para-hydroxylation sites is 2. The van der Waals surface area contributed by atoms with Crippen LogP contribution >= 0.6 is 11.8 Å². The molecule has 2 aliphatic heterocycles. The fraction of sp³-hybridized carbons (Fsp3) is 0.115. The highest BCUT2D eigenvalue weighted by Gasteiger charge is 2.33. The van der Waals surface area contributed by atoms with Gasteiger partial charge in [-0.1, -0.05) is 78.5 Å². The molecule has 0 saturated heterocycles. The second kappa shape index (κ2) is 8.85. The van der Waals surface area contributed by atoms with Gasteiger partial charge in [0, 0.05) is 12.2 Å². The van der Waals surface area contributed by atoms with Gasteiger partial charge in [0.15, 0.2) is 5.17 Å². The lowest BCUT2D eigenvalue weighted by molar-refractivity contribution is -0.116. The molecule has 6 heteroatoms. The highest BCUT2D eigenvalue weighted by atomic mass is 32.2. The number of thioether (sulfide) groups is 1. The molecule has 0 atom stereocenters. The number of amides is 2. The number of rotatable bonds is 4. The summed E-state index contributed by atoms with van der Waals surface area (Å²) in [5, 5.41) is 0.518. The fourth-order valence-electron chi connectivity index (χ4n) is 3.91. The third-order valence-corrected chi connectivity index (χ3v) is 6.38. The summed E-state index contributed by atoms with van der Waals surface area (Å²) in [6.45, 7) is 0.686. The van der Waals surface area contributed by atoms with Crippen LogP contribution in [-0.2, 0) is 16.0 Å². The second-order valence-electron chi connectivity index (χ2n) is 7.52. The van der Waals surface area contributed by atoms with Gasteiger partial charge in [-0.3, -0.25) is 14.5 Å². The average Bonchev–Trinajstić information content (AvgIpc) is 3.40. The first kappa shape index (κ1) is 20.3. The van der Waals surface area contributed by atoms with E-state index in [0.29, 0.717) is 17.4 Å². The van der Waals surface area contributed by atoms with Gasteiger partial charge < -0.3 is 4.90 Å². The molecule has 2 amide bonds. The predicted octanol–water partition coefficient (Wildman–Crippen LogP) is 4.75. The van der Waals surface area contributed by atoms with Crippen LogP contribution in [0.25, 0.3) is 6.08 Å². The van der Waals surface area contributed by atoms with Crippen LogP contribution in [0, 0.1) is 0 Å². The van der Waals surface area contributed by atoms with Gasteiger partial charge in [-0.05, 0) is 41.8 Å². The van der Waals surface area contributed by atoms with Crippen LogP contribution in [0.15, 0.2) is 95.6 Å². The van der Waals surface area contributed by atoms with Crippen molar-refractivity contribution in [2.45, 2.75) is 6.42 Å². The quantitative estimate of drug-likeness (QED) is 0.551. The number of carbonyl (C=O) groups is 2. The zero-order chi connectivity index (χ0) is 21.9. The molecule has 0 spiro atoms. The molecule has 0 radical (unpaired) electrons. The summed E-state index contributed by atoms with van der Waals surface area (Å²) in [6, 6.07) is 27.1. The van der Waals surface area contributed by atoms with E-state index < -0.39 is 0 Å². The molecular weight excluding hydrogens is 418 g/mol. The third kappa shape index (κ3) is 3.97. The molecule has 32 heavy (non-hydrogen) atoms. The summed E-state index contributed by atoms with van der Waals surface area (Å²) < 4.78 is 0. The highest BCUT2D eigenvalue weighted by Crippen LogP contribution is 2.31. The molecule has 5 rings (SSSR count). The van der Waals surface area contributed by atoms with Gasteiger partial charge in [-0.15, -0.1) is 0 Å². The van der Waals surface area contributed by atoms with Gasteiger partial charge in [-0.25, -0.2) is 4.99 Å². The fourth-order valence-corrected chi connectivity index (χ4v) is 4.80. The summed E-state index contributed by atoms with van der Waals surface area (Å²) >= 11 is 1.30. The lowest BCUT2D eigenvalue weighted by Crippen LogP contribution is -2.34. The molecule has 0 aromatic heterocycles. The molecule has 0 unspecified atom stereocenters. The molecule has 2 aliphatic rings. The molecule has 5 nitrogen and oxygen atoms in total. The predicted molar refractivity (Wildman–Crippen MR) is 131 cm³/mol. The number of aliphatic imine (C=N–C) groups is 1. The minimum Gasteiger partial charge on any atom is -0.311 e. The Bertz CT molecular complexity index is 1220. The van der Waals surface area contributed by atoms with Gasteiger partial charge in [0.25, 0.3) is 5.91 Å². The number of carbonyl (C=O) groups excluding carboxylic acids is 2. The van der Waals surface area contributed by atoms with Gasteiger partial charge in [0.1, 0.15) is 5.70 Å². The molecule has 0 saturated carbocycles. The van der Waals surface area contributed by atoms with Crippen LogP contribution in [0.5, 0.6) is 0 Å². The number of amidine groups is 1. The summed E-state index contributed by atoms with van der Waals surface area (Å²) in [4.78, 5) is 34.2. The molecular formula is C26H21N3O2S. The smallest absolute Gasteiger partial charge is 0.283 e. The first-order valence-corrected chi connectivity index (χ1v) is 11.5. The molecule has 3 aromatic carbocycles. The van der Waals surface area contributed by atoms with Gasteiger partial charge in [0.05, 0.1) is 11.4 Å². The van der Waals surface area contributed by atoms with Gasteiger partial charge in [0.2, 0.25) is 5.91 Å². The molecule has 158 valence electrons. The van der Waals surface area contributed by atoms with Crippen molar-refractivity contribution >= 4 is 46.2 Å². The van der Waals surface area contributed by atoms with Crippen LogP contribution < -0.4 is 9.80 Å². The van der Waals surface area contributed by atoms with E-state index in [4.69, 9.17) is 0 Å². The van der Waals surface area contributed by atoms with Crippen LogP contribution in [0.4, 0.5) is 11.4 Å². The minimum atomic E-state index is -0.193. The van der Waals surface area contributed by atoms with Crippen molar-refractivity contribution in [1.29, 1.82) is 0 Å². The van der Waals surface area contributed by atoms with Crippen molar-refractivity contribution in [1.82, 2.24) is 0 Å². The maximum atomic E-state index is 13.2. The van der Waals surface area contributed by atoms with E-state index in [1.165, 1.54) is 17.3 Å². The maximum absolute atomic E-state index is 13.2. The SMILES string of the molecule is O=C(CSC1=N/C(=C/c2ccccc2)C(=O)N1c1ccccc1)N1CCc2ccccc21. The first-order valence-electron chi connectivity index (χ1n) is 10.5. The lowest BCUT2D eigenvalue weighted by Gasteiger charge is -2.20. The van der Waals surface area contributed by atoms with E-state index >= 15 is 0 Å². The van der Waals surface area contributed by atoms with Crippen molar-refractivity contribution < 1.29 is 9.59 Å². The molecule has 0 N–H and O–H groups in total. The minimum absolute atomic E-state index is 0.0172. The summed E-state index contributed by atoms with van der Waals surface area (Å²) in [6.07, 6.45) is 2.65. The third-order valence-electron chi connectivity index (χ3n) is 5.46. The van der Waals surface area contributed by atoms with E-state index in [2.05, 4.69) is 11.1 Å².